The lowest BCUT2D eigenvalue weighted by Gasteiger charge is -2.21. The van der Waals surface area contributed by atoms with Gasteiger partial charge in [0.2, 0.25) is 0 Å². The molecule has 3 aromatic heterocycles. The van der Waals surface area contributed by atoms with E-state index in [1.807, 2.05) is 30.3 Å². The number of nitrogens with zero attached hydrogens (tertiary/aromatic N) is 4. The van der Waals surface area contributed by atoms with Crippen LogP contribution >= 0.6 is 0 Å². The molecule has 278 valence electrons. The fourth-order valence-electron chi connectivity index (χ4n) is 9.30. The average molecular weight is 757 g/mol. The highest BCUT2D eigenvalue weighted by molar-refractivity contribution is 6.11. The number of para-hydroxylation sites is 2. The molecule has 12 rings (SSSR count). The molecule has 0 unspecified atom stereocenters. The first-order valence-electron chi connectivity index (χ1n) is 20.1. The summed E-state index contributed by atoms with van der Waals surface area (Å²) in [5.41, 5.74) is 15.2. The highest BCUT2D eigenvalue weighted by Gasteiger charge is 2.36. The van der Waals surface area contributed by atoms with Crippen molar-refractivity contribution in [3.8, 4) is 62.1 Å². The van der Waals surface area contributed by atoms with Crippen molar-refractivity contribution in [2.45, 2.75) is 19.3 Å². The van der Waals surface area contributed by atoms with E-state index in [0.29, 0.717) is 17.5 Å². The highest BCUT2D eigenvalue weighted by atomic mass is 16.3. The number of rotatable bonds is 5. The van der Waals surface area contributed by atoms with E-state index in [0.717, 1.165) is 61.0 Å². The molecule has 0 spiro atoms. The van der Waals surface area contributed by atoms with Crippen LogP contribution in [0.4, 0.5) is 0 Å². The normalized spacial score (nSPS) is 13.1. The maximum absolute atomic E-state index is 6.31. The van der Waals surface area contributed by atoms with Crippen LogP contribution in [0.2, 0.25) is 0 Å². The predicted octanol–water partition coefficient (Wildman–Crippen LogP) is 13.8. The lowest BCUT2D eigenvalue weighted by atomic mass is 9.82. The molecule has 0 amide bonds. The van der Waals surface area contributed by atoms with Gasteiger partial charge in [0.05, 0.1) is 11.0 Å². The van der Waals surface area contributed by atoms with Crippen molar-refractivity contribution in [3.63, 3.8) is 0 Å². The number of furan rings is 1. The van der Waals surface area contributed by atoms with Gasteiger partial charge < -0.3 is 8.98 Å². The molecule has 0 fully saturated rings. The van der Waals surface area contributed by atoms with Gasteiger partial charge in [-0.1, -0.05) is 147 Å². The van der Waals surface area contributed by atoms with E-state index in [4.69, 9.17) is 19.4 Å². The smallest absolute Gasteiger partial charge is 0.164 e. The van der Waals surface area contributed by atoms with Crippen molar-refractivity contribution in [1.29, 1.82) is 0 Å². The van der Waals surface area contributed by atoms with Crippen molar-refractivity contribution in [2.24, 2.45) is 0 Å². The molecule has 5 nitrogen and oxygen atoms in total. The first-order chi connectivity index (χ1) is 29.0. The summed E-state index contributed by atoms with van der Waals surface area (Å²) in [5, 5.41) is 4.62. The molecule has 0 radical (unpaired) electrons. The largest absolute Gasteiger partial charge is 0.456 e. The fraction of sp³-hybridized carbons (Fsp3) is 0.0556. The molecular formula is C54H36N4O. The van der Waals surface area contributed by atoms with E-state index in [-0.39, 0.29) is 5.41 Å². The summed E-state index contributed by atoms with van der Waals surface area (Å²) < 4.78 is 8.70. The van der Waals surface area contributed by atoms with Gasteiger partial charge in [0.1, 0.15) is 11.2 Å². The molecule has 0 aliphatic heterocycles. The monoisotopic (exact) mass is 756 g/mol. The van der Waals surface area contributed by atoms with E-state index < -0.39 is 0 Å². The number of hydrogen-bond acceptors (Lipinski definition) is 4. The maximum atomic E-state index is 6.31. The minimum Gasteiger partial charge on any atom is -0.456 e. The van der Waals surface area contributed by atoms with E-state index in [1.54, 1.807) is 0 Å². The molecule has 0 bridgehead atoms. The third-order valence-corrected chi connectivity index (χ3v) is 12.3. The van der Waals surface area contributed by atoms with Crippen LogP contribution in [-0.4, -0.2) is 19.5 Å². The Balaban J connectivity index is 1.03. The summed E-state index contributed by atoms with van der Waals surface area (Å²) in [6.45, 7) is 4.69. The minimum atomic E-state index is -0.0891. The van der Waals surface area contributed by atoms with Crippen LogP contribution in [0.1, 0.15) is 25.0 Å². The Kier molecular flexibility index (Phi) is 7.20. The van der Waals surface area contributed by atoms with Gasteiger partial charge in [0, 0.05) is 49.3 Å². The van der Waals surface area contributed by atoms with Crippen LogP contribution in [0.5, 0.6) is 0 Å². The van der Waals surface area contributed by atoms with Crippen LogP contribution in [0.15, 0.2) is 186 Å². The Morgan fingerprint density at radius 3 is 1.83 bits per heavy atom. The second-order valence-corrected chi connectivity index (χ2v) is 16.0. The number of benzene rings is 8. The van der Waals surface area contributed by atoms with E-state index in [2.05, 4.69) is 170 Å². The molecule has 11 aromatic rings. The summed E-state index contributed by atoms with van der Waals surface area (Å²) in [7, 11) is 0. The van der Waals surface area contributed by atoms with Crippen LogP contribution in [0, 0.1) is 0 Å². The van der Waals surface area contributed by atoms with Crippen LogP contribution in [0.3, 0.4) is 0 Å². The van der Waals surface area contributed by atoms with Crippen molar-refractivity contribution in [1.82, 2.24) is 19.5 Å². The third-order valence-electron chi connectivity index (χ3n) is 12.3. The SMILES string of the molecule is CC1(C)c2ccccc2-c2cc3c(cc21)c1ccccc1n3-c1cccc(-c2nc(-c3ccc(-c4ccccc4)cc3)nc(-c3ccc4c(c3)oc3ccccc34)n2)c1. The Labute approximate surface area is 340 Å². The molecule has 5 heteroatoms. The number of hydrogen-bond donors (Lipinski definition) is 0. The van der Waals surface area contributed by atoms with E-state index >= 15 is 0 Å². The fourth-order valence-corrected chi connectivity index (χ4v) is 9.30. The summed E-state index contributed by atoms with van der Waals surface area (Å²) >= 11 is 0. The predicted molar refractivity (Wildman–Crippen MR) is 241 cm³/mol. The minimum absolute atomic E-state index is 0.0891. The molecule has 8 aromatic carbocycles. The van der Waals surface area contributed by atoms with Crippen molar-refractivity contribution in [3.05, 3.63) is 193 Å². The van der Waals surface area contributed by atoms with E-state index in [1.165, 1.54) is 38.5 Å². The van der Waals surface area contributed by atoms with Crippen molar-refractivity contribution < 1.29 is 4.42 Å². The Morgan fingerprint density at radius 2 is 1.00 bits per heavy atom. The summed E-state index contributed by atoms with van der Waals surface area (Å²) in [5.74, 6) is 1.79. The second kappa shape index (κ2) is 12.7. The van der Waals surface area contributed by atoms with Crippen LogP contribution < -0.4 is 0 Å². The second-order valence-electron chi connectivity index (χ2n) is 16.0. The van der Waals surface area contributed by atoms with Crippen LogP contribution in [-0.2, 0) is 5.41 Å². The molecule has 0 saturated carbocycles. The zero-order valence-electron chi connectivity index (χ0n) is 32.5. The highest BCUT2D eigenvalue weighted by Crippen LogP contribution is 2.51. The molecule has 1 aliphatic carbocycles. The zero-order chi connectivity index (χ0) is 39.2. The maximum Gasteiger partial charge on any atom is 0.164 e. The molecule has 59 heavy (non-hydrogen) atoms. The van der Waals surface area contributed by atoms with Crippen LogP contribution in [0.25, 0.3) is 106 Å². The quantitative estimate of drug-likeness (QED) is 0.175. The molecule has 0 atom stereocenters. The lowest BCUT2D eigenvalue weighted by Crippen LogP contribution is -2.14. The topological polar surface area (TPSA) is 56.7 Å². The molecular weight excluding hydrogens is 721 g/mol. The van der Waals surface area contributed by atoms with Gasteiger partial charge in [-0.3, -0.25) is 0 Å². The molecule has 0 saturated heterocycles. The van der Waals surface area contributed by atoms with Crippen molar-refractivity contribution >= 4 is 43.7 Å². The van der Waals surface area contributed by atoms with Gasteiger partial charge in [0.25, 0.3) is 0 Å². The van der Waals surface area contributed by atoms with Gasteiger partial charge in [-0.05, 0) is 81.9 Å². The van der Waals surface area contributed by atoms with Gasteiger partial charge in [-0.25, -0.2) is 15.0 Å². The van der Waals surface area contributed by atoms with Gasteiger partial charge in [0.15, 0.2) is 17.5 Å². The summed E-state index contributed by atoms with van der Waals surface area (Å²) in [6.07, 6.45) is 0. The van der Waals surface area contributed by atoms with Gasteiger partial charge in [-0.2, -0.15) is 0 Å². The molecule has 0 N–H and O–H groups in total. The van der Waals surface area contributed by atoms with E-state index in [9.17, 15) is 0 Å². The van der Waals surface area contributed by atoms with Gasteiger partial charge in [-0.15, -0.1) is 0 Å². The summed E-state index contributed by atoms with van der Waals surface area (Å²) in [6, 6.07) is 64.2. The Morgan fingerprint density at radius 1 is 0.390 bits per heavy atom. The number of fused-ring (bicyclic) bond motifs is 9. The first kappa shape index (κ1) is 33.5. The average Bonchev–Trinajstić information content (AvgIpc) is 3.90. The molecule has 3 heterocycles. The third kappa shape index (κ3) is 5.21. The number of aromatic nitrogens is 4. The Bertz CT molecular complexity index is 3470. The Hall–Kier alpha value is -7.63. The van der Waals surface area contributed by atoms with Crippen molar-refractivity contribution in [2.75, 3.05) is 0 Å². The lowest BCUT2D eigenvalue weighted by molar-refractivity contribution is 0.661. The first-order valence-corrected chi connectivity index (χ1v) is 20.1. The zero-order valence-corrected chi connectivity index (χ0v) is 32.5. The molecule has 1 aliphatic rings. The van der Waals surface area contributed by atoms with Gasteiger partial charge >= 0.3 is 0 Å². The summed E-state index contributed by atoms with van der Waals surface area (Å²) in [4.78, 5) is 15.5. The standard InChI is InChI=1S/C54H36N4O/c1-54(2)45-20-9-6-17-39(45)43-32-48-44(31-46(43)54)40-18-7-10-21-47(40)58(48)38-16-12-15-36(29-38)52-55-51(35-25-23-34(24-26-35)33-13-4-3-5-14-33)56-53(57-52)37-27-28-42-41-19-8-11-22-49(41)59-50(42)30-37/h3-32H,1-2H3.